The maximum atomic E-state index is 5.31. The van der Waals surface area contributed by atoms with Gasteiger partial charge in [-0.15, -0.1) is 12.3 Å². The van der Waals surface area contributed by atoms with E-state index in [2.05, 4.69) is 32.0 Å². The van der Waals surface area contributed by atoms with Crippen molar-refractivity contribution < 1.29 is 0 Å². The standard InChI is InChI=1S/C12H23N/c1-5-9-11(7-3)13-12(8-4)10-6-2/h1,11-13H,6-10H2,2-4H3. The Morgan fingerprint density at radius 3 is 2.15 bits per heavy atom. The van der Waals surface area contributed by atoms with Crippen molar-refractivity contribution in [1.82, 2.24) is 5.32 Å². The molecule has 0 spiro atoms. The molecule has 1 N–H and O–H groups in total. The highest BCUT2D eigenvalue weighted by Crippen LogP contribution is 2.05. The first kappa shape index (κ1) is 12.5. The Balaban J connectivity index is 3.81. The van der Waals surface area contributed by atoms with Crippen LogP contribution in [0.5, 0.6) is 0 Å². The quantitative estimate of drug-likeness (QED) is 0.595. The topological polar surface area (TPSA) is 12.0 Å². The lowest BCUT2D eigenvalue weighted by molar-refractivity contribution is 0.391. The third-order valence-corrected chi connectivity index (χ3v) is 2.46. The van der Waals surface area contributed by atoms with Crippen LogP contribution in [0.15, 0.2) is 0 Å². The van der Waals surface area contributed by atoms with Gasteiger partial charge < -0.3 is 5.32 Å². The van der Waals surface area contributed by atoms with E-state index >= 15 is 0 Å². The molecule has 0 heterocycles. The average Bonchev–Trinajstić information content (AvgIpc) is 2.16. The lowest BCUT2D eigenvalue weighted by Crippen LogP contribution is -2.37. The normalized spacial score (nSPS) is 14.9. The lowest BCUT2D eigenvalue weighted by Gasteiger charge is -2.22. The van der Waals surface area contributed by atoms with Crippen molar-refractivity contribution in [3.05, 3.63) is 0 Å². The van der Waals surface area contributed by atoms with E-state index in [-0.39, 0.29) is 0 Å². The van der Waals surface area contributed by atoms with E-state index in [9.17, 15) is 0 Å². The summed E-state index contributed by atoms with van der Waals surface area (Å²) in [5.74, 6) is 2.73. The SMILES string of the molecule is C#CCC(CC)NC(CC)CCC. The molecule has 0 bridgehead atoms. The predicted octanol–water partition coefficient (Wildman–Crippen LogP) is 2.96. The summed E-state index contributed by atoms with van der Waals surface area (Å²) in [5.41, 5.74) is 0. The van der Waals surface area contributed by atoms with Crippen molar-refractivity contribution in [3.63, 3.8) is 0 Å². The van der Waals surface area contributed by atoms with Crippen LogP contribution in [0.1, 0.15) is 52.9 Å². The molecule has 0 amide bonds. The zero-order valence-electron chi connectivity index (χ0n) is 9.27. The molecule has 1 nitrogen and oxygen atoms in total. The van der Waals surface area contributed by atoms with Crippen LogP contribution in [-0.4, -0.2) is 12.1 Å². The summed E-state index contributed by atoms with van der Waals surface area (Å²) < 4.78 is 0. The van der Waals surface area contributed by atoms with Crippen LogP contribution in [0, 0.1) is 12.3 Å². The van der Waals surface area contributed by atoms with E-state index in [1.165, 1.54) is 19.3 Å². The Hall–Kier alpha value is -0.480. The zero-order chi connectivity index (χ0) is 10.1. The van der Waals surface area contributed by atoms with Gasteiger partial charge in [0.25, 0.3) is 0 Å². The molecule has 2 unspecified atom stereocenters. The van der Waals surface area contributed by atoms with E-state index in [0.29, 0.717) is 12.1 Å². The third-order valence-electron chi connectivity index (χ3n) is 2.46. The Morgan fingerprint density at radius 1 is 1.15 bits per heavy atom. The van der Waals surface area contributed by atoms with E-state index < -0.39 is 0 Å². The zero-order valence-corrected chi connectivity index (χ0v) is 9.27. The van der Waals surface area contributed by atoms with Crippen molar-refractivity contribution in [1.29, 1.82) is 0 Å². The molecule has 0 aliphatic rings. The number of hydrogen-bond donors (Lipinski definition) is 1. The Morgan fingerprint density at radius 2 is 1.77 bits per heavy atom. The summed E-state index contributed by atoms with van der Waals surface area (Å²) in [6.45, 7) is 6.65. The van der Waals surface area contributed by atoms with Crippen molar-refractivity contribution in [3.8, 4) is 12.3 Å². The van der Waals surface area contributed by atoms with Crippen LogP contribution in [0.25, 0.3) is 0 Å². The second-order valence-corrected chi connectivity index (χ2v) is 3.57. The molecule has 0 saturated heterocycles. The number of rotatable bonds is 7. The monoisotopic (exact) mass is 181 g/mol. The van der Waals surface area contributed by atoms with Gasteiger partial charge >= 0.3 is 0 Å². The van der Waals surface area contributed by atoms with E-state index in [1.54, 1.807) is 0 Å². The summed E-state index contributed by atoms with van der Waals surface area (Å²) in [6, 6.07) is 1.17. The minimum absolute atomic E-state index is 0.515. The summed E-state index contributed by atoms with van der Waals surface area (Å²) in [4.78, 5) is 0. The van der Waals surface area contributed by atoms with Crippen LogP contribution in [0.2, 0.25) is 0 Å². The predicted molar refractivity (Wildman–Crippen MR) is 59.7 cm³/mol. The van der Waals surface area contributed by atoms with Crippen LogP contribution in [0.4, 0.5) is 0 Å². The maximum absolute atomic E-state index is 5.31. The van der Waals surface area contributed by atoms with Crippen molar-refractivity contribution in [2.45, 2.75) is 65.0 Å². The van der Waals surface area contributed by atoms with Crippen LogP contribution >= 0.6 is 0 Å². The third kappa shape index (κ3) is 5.71. The maximum Gasteiger partial charge on any atom is 0.0240 e. The Kier molecular flexibility index (Phi) is 7.83. The lowest BCUT2D eigenvalue weighted by atomic mass is 10.1. The van der Waals surface area contributed by atoms with E-state index in [4.69, 9.17) is 6.42 Å². The fraction of sp³-hybridized carbons (Fsp3) is 0.833. The summed E-state index contributed by atoms with van der Waals surface area (Å²) >= 11 is 0. The molecule has 1 heteroatoms. The van der Waals surface area contributed by atoms with Crippen molar-refractivity contribution in [2.75, 3.05) is 0 Å². The first-order chi connectivity index (χ1) is 6.28. The van der Waals surface area contributed by atoms with Crippen LogP contribution in [0.3, 0.4) is 0 Å². The van der Waals surface area contributed by atoms with Gasteiger partial charge in [-0.05, 0) is 19.3 Å². The molecule has 0 fully saturated rings. The molecular weight excluding hydrogens is 158 g/mol. The largest absolute Gasteiger partial charge is 0.310 e. The smallest absolute Gasteiger partial charge is 0.0240 e. The molecular formula is C12H23N. The summed E-state index contributed by atoms with van der Waals surface area (Å²) in [6.07, 6.45) is 11.0. The van der Waals surface area contributed by atoms with Gasteiger partial charge in [-0.2, -0.15) is 0 Å². The van der Waals surface area contributed by atoms with Gasteiger partial charge in [0.15, 0.2) is 0 Å². The van der Waals surface area contributed by atoms with Gasteiger partial charge in [0.05, 0.1) is 0 Å². The van der Waals surface area contributed by atoms with E-state index in [1.807, 2.05) is 0 Å². The Bertz CT molecular complexity index is 146. The first-order valence-electron chi connectivity index (χ1n) is 5.47. The van der Waals surface area contributed by atoms with Gasteiger partial charge in [0, 0.05) is 18.5 Å². The average molecular weight is 181 g/mol. The highest BCUT2D eigenvalue weighted by molar-refractivity contribution is 4.90. The fourth-order valence-corrected chi connectivity index (χ4v) is 1.55. The molecule has 13 heavy (non-hydrogen) atoms. The van der Waals surface area contributed by atoms with Gasteiger partial charge in [-0.25, -0.2) is 0 Å². The highest BCUT2D eigenvalue weighted by atomic mass is 14.9. The fourth-order valence-electron chi connectivity index (χ4n) is 1.55. The second kappa shape index (κ2) is 8.13. The van der Waals surface area contributed by atoms with E-state index in [0.717, 1.165) is 12.8 Å². The summed E-state index contributed by atoms with van der Waals surface area (Å²) in [7, 11) is 0. The molecule has 76 valence electrons. The molecule has 2 atom stereocenters. The molecule has 0 aliphatic heterocycles. The second-order valence-electron chi connectivity index (χ2n) is 3.57. The number of hydrogen-bond acceptors (Lipinski definition) is 1. The minimum Gasteiger partial charge on any atom is -0.310 e. The van der Waals surface area contributed by atoms with Crippen molar-refractivity contribution >= 4 is 0 Å². The number of nitrogens with one attached hydrogen (secondary N) is 1. The molecule has 0 radical (unpaired) electrons. The minimum atomic E-state index is 0.515. The molecule has 0 rings (SSSR count). The van der Waals surface area contributed by atoms with Crippen LogP contribution < -0.4 is 5.32 Å². The molecule has 0 aromatic rings. The molecule has 0 aliphatic carbocycles. The van der Waals surface area contributed by atoms with Gasteiger partial charge in [0.2, 0.25) is 0 Å². The highest BCUT2D eigenvalue weighted by Gasteiger charge is 2.10. The molecule has 0 saturated carbocycles. The first-order valence-corrected chi connectivity index (χ1v) is 5.47. The molecule has 0 aromatic heterocycles. The van der Waals surface area contributed by atoms with Crippen molar-refractivity contribution in [2.24, 2.45) is 0 Å². The van der Waals surface area contributed by atoms with Crippen LogP contribution in [-0.2, 0) is 0 Å². The van der Waals surface area contributed by atoms with Gasteiger partial charge in [-0.3, -0.25) is 0 Å². The summed E-state index contributed by atoms with van der Waals surface area (Å²) in [5, 5.41) is 3.61. The van der Waals surface area contributed by atoms with Gasteiger partial charge in [-0.1, -0.05) is 27.2 Å². The number of terminal acetylenes is 1. The Labute approximate surface area is 83.3 Å². The van der Waals surface area contributed by atoms with Gasteiger partial charge in [0.1, 0.15) is 0 Å². The molecule has 0 aromatic carbocycles.